The number of hydrogen-bond donors (Lipinski definition) is 2. The van der Waals surface area contributed by atoms with Gasteiger partial charge in [0.1, 0.15) is 5.76 Å². The molecule has 1 saturated carbocycles. The minimum Gasteiger partial charge on any atom is -0.469 e. The van der Waals surface area contributed by atoms with Crippen molar-refractivity contribution in [2.75, 3.05) is 6.61 Å². The van der Waals surface area contributed by atoms with Gasteiger partial charge in [0, 0.05) is 5.92 Å². The highest BCUT2D eigenvalue weighted by Gasteiger charge is 2.50. The van der Waals surface area contributed by atoms with E-state index in [4.69, 9.17) is 4.42 Å². The van der Waals surface area contributed by atoms with E-state index in [0.717, 1.165) is 17.7 Å². The van der Waals surface area contributed by atoms with Gasteiger partial charge in [0.15, 0.2) is 0 Å². The molecule has 4 rings (SSSR count). The van der Waals surface area contributed by atoms with E-state index in [1.807, 2.05) is 42.5 Å². The second-order valence-electron chi connectivity index (χ2n) is 7.09. The van der Waals surface area contributed by atoms with Gasteiger partial charge in [-0.3, -0.25) is 4.79 Å². The van der Waals surface area contributed by atoms with Crippen LogP contribution < -0.4 is 5.32 Å². The Kier molecular flexibility index (Phi) is 4.45. The minimum absolute atomic E-state index is 0.0215. The van der Waals surface area contributed by atoms with Gasteiger partial charge in [0.25, 0.3) is 0 Å². The number of furan rings is 1. The number of aliphatic hydroxyl groups excluding tert-OH is 1. The summed E-state index contributed by atoms with van der Waals surface area (Å²) in [7, 11) is 0. The zero-order chi connectivity index (χ0) is 17.2. The molecule has 0 saturated heterocycles. The summed E-state index contributed by atoms with van der Waals surface area (Å²) >= 11 is 0. The molecule has 2 aliphatic carbocycles. The summed E-state index contributed by atoms with van der Waals surface area (Å²) in [6, 6.07) is 13.5. The summed E-state index contributed by atoms with van der Waals surface area (Å²) in [6.07, 6.45) is 7.69. The van der Waals surface area contributed by atoms with Crippen LogP contribution in [0.5, 0.6) is 0 Å². The molecule has 2 N–H and O–H groups in total. The first-order chi connectivity index (χ1) is 12.3. The minimum atomic E-state index is -0.268. The number of rotatable bonds is 6. The molecule has 0 aliphatic heterocycles. The van der Waals surface area contributed by atoms with Crippen molar-refractivity contribution in [3.63, 3.8) is 0 Å². The lowest BCUT2D eigenvalue weighted by atomic mass is 9.80. The van der Waals surface area contributed by atoms with Crippen LogP contribution in [0.25, 0.3) is 0 Å². The lowest BCUT2D eigenvalue weighted by Crippen LogP contribution is -2.44. The van der Waals surface area contributed by atoms with Crippen LogP contribution in [0, 0.1) is 17.8 Å². The van der Waals surface area contributed by atoms with Crippen LogP contribution in [0.1, 0.15) is 23.7 Å². The largest absolute Gasteiger partial charge is 0.469 e. The monoisotopic (exact) mass is 337 g/mol. The highest BCUT2D eigenvalue weighted by atomic mass is 16.3. The molecule has 0 spiro atoms. The van der Waals surface area contributed by atoms with Crippen molar-refractivity contribution in [3.05, 3.63) is 72.2 Å². The zero-order valence-electron chi connectivity index (χ0n) is 14.0. The zero-order valence-corrected chi connectivity index (χ0v) is 14.0. The van der Waals surface area contributed by atoms with Gasteiger partial charge in [-0.25, -0.2) is 0 Å². The molecule has 0 radical (unpaired) electrons. The third-order valence-electron chi connectivity index (χ3n) is 5.53. The molecule has 2 aromatic rings. The molecule has 1 amide bonds. The van der Waals surface area contributed by atoms with Crippen LogP contribution in [0.15, 0.2) is 65.3 Å². The molecule has 1 heterocycles. The number of amides is 1. The van der Waals surface area contributed by atoms with Crippen LogP contribution in [0.2, 0.25) is 0 Å². The topological polar surface area (TPSA) is 62.5 Å². The Bertz CT molecular complexity index is 738. The van der Waals surface area contributed by atoms with Crippen LogP contribution in [0.4, 0.5) is 0 Å². The smallest absolute Gasteiger partial charge is 0.224 e. The van der Waals surface area contributed by atoms with Crippen LogP contribution in [0.3, 0.4) is 0 Å². The Hall–Kier alpha value is -2.33. The number of nitrogens with one attached hydrogen (secondary N) is 1. The van der Waals surface area contributed by atoms with E-state index in [1.165, 1.54) is 0 Å². The molecule has 130 valence electrons. The lowest BCUT2D eigenvalue weighted by Gasteiger charge is -2.27. The van der Waals surface area contributed by atoms with E-state index in [2.05, 4.69) is 17.5 Å². The Balaban J connectivity index is 1.48. The number of carbonyl (C=O) groups excluding carboxylic acids is 1. The summed E-state index contributed by atoms with van der Waals surface area (Å²) in [6.45, 7) is -0.0668. The van der Waals surface area contributed by atoms with Crippen molar-refractivity contribution < 1.29 is 14.3 Å². The molecule has 1 aromatic carbocycles. The van der Waals surface area contributed by atoms with Crippen LogP contribution in [-0.2, 0) is 11.2 Å². The third-order valence-corrected chi connectivity index (χ3v) is 5.53. The van der Waals surface area contributed by atoms with E-state index in [1.54, 1.807) is 6.26 Å². The quantitative estimate of drug-likeness (QED) is 0.797. The molecule has 1 aromatic heterocycles. The normalized spacial score (nSPS) is 28.2. The summed E-state index contributed by atoms with van der Waals surface area (Å²) in [5, 5.41) is 12.8. The molecular formula is C21H23NO3. The molecule has 4 heteroatoms. The van der Waals surface area contributed by atoms with Gasteiger partial charge in [0.05, 0.1) is 24.8 Å². The SMILES string of the molecule is O=C(N[C@H](CO)Cc1ccccc1)[C@@H]1[C@H](c2ccco2)[C@@H]2C=C[C@H]1C2. The van der Waals surface area contributed by atoms with Gasteiger partial charge in [-0.2, -0.15) is 0 Å². The Morgan fingerprint density at radius 1 is 1.16 bits per heavy atom. The second-order valence-corrected chi connectivity index (χ2v) is 7.09. The van der Waals surface area contributed by atoms with Crippen molar-refractivity contribution >= 4 is 5.91 Å². The Morgan fingerprint density at radius 2 is 1.96 bits per heavy atom. The van der Waals surface area contributed by atoms with Crippen LogP contribution >= 0.6 is 0 Å². The number of allylic oxidation sites excluding steroid dienone is 2. The fourth-order valence-electron chi connectivity index (χ4n) is 4.41. The summed E-state index contributed by atoms with van der Waals surface area (Å²) in [5.74, 6) is 1.52. The highest BCUT2D eigenvalue weighted by molar-refractivity contribution is 5.81. The number of aliphatic hydroxyl groups is 1. The number of benzene rings is 1. The van der Waals surface area contributed by atoms with E-state index < -0.39 is 0 Å². The van der Waals surface area contributed by atoms with Gasteiger partial charge >= 0.3 is 0 Å². The van der Waals surface area contributed by atoms with E-state index >= 15 is 0 Å². The van der Waals surface area contributed by atoms with Gasteiger partial charge in [0.2, 0.25) is 5.91 Å². The third kappa shape index (κ3) is 3.14. The molecule has 5 atom stereocenters. The van der Waals surface area contributed by atoms with Crippen molar-refractivity contribution in [2.45, 2.75) is 24.8 Å². The predicted octanol–water partition coefficient (Wildman–Crippen LogP) is 2.91. The summed E-state index contributed by atoms with van der Waals surface area (Å²) in [4.78, 5) is 13.0. The van der Waals surface area contributed by atoms with Crippen molar-refractivity contribution in [2.24, 2.45) is 17.8 Å². The Morgan fingerprint density at radius 3 is 2.68 bits per heavy atom. The first-order valence-electron chi connectivity index (χ1n) is 8.93. The maximum atomic E-state index is 13.0. The molecule has 2 aliphatic rings. The molecule has 1 fully saturated rings. The van der Waals surface area contributed by atoms with Gasteiger partial charge in [-0.15, -0.1) is 0 Å². The fourth-order valence-corrected chi connectivity index (χ4v) is 4.41. The van der Waals surface area contributed by atoms with E-state index in [9.17, 15) is 9.90 Å². The van der Waals surface area contributed by atoms with Crippen LogP contribution in [-0.4, -0.2) is 23.7 Å². The van der Waals surface area contributed by atoms with Crippen molar-refractivity contribution in [1.82, 2.24) is 5.32 Å². The number of fused-ring (bicyclic) bond motifs is 2. The van der Waals surface area contributed by atoms with E-state index in [-0.39, 0.29) is 36.3 Å². The Labute approximate surface area is 147 Å². The standard InChI is InChI=1S/C21H23NO3/c23-13-17(11-14-5-2-1-3-6-14)22-21(24)20-16-9-8-15(12-16)19(20)18-7-4-10-25-18/h1-10,15-17,19-20,23H,11-13H2,(H,22,24)/t15-,16+,17+,19+,20+/m1/s1. The van der Waals surface area contributed by atoms with Gasteiger partial charge in [-0.05, 0) is 42.4 Å². The van der Waals surface area contributed by atoms with E-state index in [0.29, 0.717) is 12.3 Å². The molecule has 0 unspecified atom stereocenters. The first-order valence-corrected chi connectivity index (χ1v) is 8.93. The molecule has 25 heavy (non-hydrogen) atoms. The first kappa shape index (κ1) is 16.2. The maximum absolute atomic E-state index is 13.0. The number of hydrogen-bond acceptors (Lipinski definition) is 3. The van der Waals surface area contributed by atoms with Crippen molar-refractivity contribution in [3.8, 4) is 0 Å². The summed E-state index contributed by atoms with van der Waals surface area (Å²) < 4.78 is 5.61. The average Bonchev–Trinajstić information content (AvgIpc) is 3.38. The second kappa shape index (κ2) is 6.89. The average molecular weight is 337 g/mol. The summed E-state index contributed by atoms with van der Waals surface area (Å²) in [5.41, 5.74) is 1.11. The maximum Gasteiger partial charge on any atom is 0.224 e. The molecular weight excluding hydrogens is 314 g/mol. The highest BCUT2D eigenvalue weighted by Crippen LogP contribution is 2.53. The van der Waals surface area contributed by atoms with Crippen molar-refractivity contribution in [1.29, 1.82) is 0 Å². The predicted molar refractivity (Wildman–Crippen MR) is 94.8 cm³/mol. The van der Waals surface area contributed by atoms with Gasteiger partial charge in [-0.1, -0.05) is 42.5 Å². The lowest BCUT2D eigenvalue weighted by molar-refractivity contribution is -0.127. The molecule has 4 nitrogen and oxygen atoms in total. The number of carbonyl (C=O) groups is 1. The molecule has 2 bridgehead atoms. The van der Waals surface area contributed by atoms with Gasteiger partial charge < -0.3 is 14.8 Å². The fraction of sp³-hybridized carbons (Fsp3) is 0.381.